The van der Waals surface area contributed by atoms with E-state index in [0.29, 0.717) is 12.1 Å². The molecule has 29 heavy (non-hydrogen) atoms. The second-order valence-electron chi connectivity index (χ2n) is 7.43. The van der Waals surface area contributed by atoms with Gasteiger partial charge in [0.15, 0.2) is 0 Å². The summed E-state index contributed by atoms with van der Waals surface area (Å²) in [6.45, 7) is 3.95. The van der Waals surface area contributed by atoms with E-state index in [1.165, 1.54) is 6.92 Å². The van der Waals surface area contributed by atoms with E-state index in [-0.39, 0.29) is 18.2 Å². The molecule has 1 heterocycles. The van der Waals surface area contributed by atoms with E-state index in [1.54, 1.807) is 12.1 Å². The predicted molar refractivity (Wildman–Crippen MR) is 108 cm³/mol. The average Bonchev–Trinajstić information content (AvgIpc) is 2.97. The highest BCUT2D eigenvalue weighted by atomic mass is 16.2. The van der Waals surface area contributed by atoms with Gasteiger partial charge in [-0.05, 0) is 41.7 Å². The van der Waals surface area contributed by atoms with Crippen LogP contribution in [0, 0.1) is 11.3 Å². The third kappa shape index (κ3) is 4.61. The molecule has 1 saturated heterocycles. The summed E-state index contributed by atoms with van der Waals surface area (Å²) in [6.07, 6.45) is -0.116. The molecule has 0 spiro atoms. The van der Waals surface area contributed by atoms with Crippen molar-refractivity contribution in [1.29, 1.82) is 5.26 Å². The Kier molecular flexibility index (Phi) is 5.64. The summed E-state index contributed by atoms with van der Waals surface area (Å²) in [4.78, 5) is 35.3. The fraction of sp³-hybridized carbons (Fsp3) is 0.273. The molecule has 0 aliphatic carbocycles. The van der Waals surface area contributed by atoms with Crippen molar-refractivity contribution in [3.63, 3.8) is 0 Å². The molecule has 1 fully saturated rings. The number of amides is 4. The van der Waals surface area contributed by atoms with E-state index in [0.717, 1.165) is 16.7 Å². The fourth-order valence-electron chi connectivity index (χ4n) is 3.21. The second-order valence-corrected chi connectivity index (χ2v) is 7.43. The van der Waals surface area contributed by atoms with E-state index >= 15 is 0 Å². The third-order valence-electron chi connectivity index (χ3n) is 5.06. The number of carbonyl (C=O) groups is 3. The Bertz CT molecular complexity index is 977. The summed E-state index contributed by atoms with van der Waals surface area (Å²) in [5, 5.41) is 16.3. The van der Waals surface area contributed by atoms with Crippen LogP contribution in [-0.2, 0) is 9.59 Å². The first-order chi connectivity index (χ1) is 13.8. The third-order valence-corrected chi connectivity index (χ3v) is 5.06. The molecular weight excluding hydrogens is 368 g/mol. The molecule has 7 nitrogen and oxygen atoms in total. The first-order valence-electron chi connectivity index (χ1n) is 9.31. The van der Waals surface area contributed by atoms with Gasteiger partial charge in [-0.2, -0.15) is 5.26 Å². The molecule has 2 aromatic carbocycles. The van der Waals surface area contributed by atoms with Crippen LogP contribution in [0.4, 0.5) is 4.79 Å². The van der Waals surface area contributed by atoms with Gasteiger partial charge in [0.2, 0.25) is 5.91 Å². The number of benzene rings is 2. The number of rotatable bonds is 6. The van der Waals surface area contributed by atoms with E-state index < -0.39 is 17.5 Å². The van der Waals surface area contributed by atoms with Crippen LogP contribution in [0.1, 0.15) is 37.3 Å². The van der Waals surface area contributed by atoms with Crippen molar-refractivity contribution >= 4 is 17.8 Å². The number of nitriles is 1. The molecule has 3 rings (SSSR count). The number of urea groups is 1. The van der Waals surface area contributed by atoms with Crippen molar-refractivity contribution in [3.8, 4) is 17.2 Å². The molecule has 2 unspecified atom stereocenters. The van der Waals surface area contributed by atoms with Crippen LogP contribution in [0.3, 0.4) is 0 Å². The number of nitrogens with one attached hydrogen (secondary N) is 3. The molecule has 0 aromatic heterocycles. The van der Waals surface area contributed by atoms with E-state index in [2.05, 4.69) is 22.0 Å². The summed E-state index contributed by atoms with van der Waals surface area (Å²) in [5.74, 6) is -0.719. The van der Waals surface area contributed by atoms with Crippen molar-refractivity contribution in [3.05, 3.63) is 59.7 Å². The van der Waals surface area contributed by atoms with Crippen molar-refractivity contribution in [2.75, 3.05) is 6.54 Å². The summed E-state index contributed by atoms with van der Waals surface area (Å²) < 4.78 is 0. The van der Waals surface area contributed by atoms with Crippen molar-refractivity contribution in [2.45, 2.75) is 31.7 Å². The quantitative estimate of drug-likeness (QED) is 0.658. The van der Waals surface area contributed by atoms with E-state index in [4.69, 9.17) is 5.26 Å². The minimum atomic E-state index is -1.22. The number of nitrogens with zero attached hydrogens (tertiary/aromatic N) is 1. The second kappa shape index (κ2) is 8.15. The maximum absolute atomic E-state index is 12.2. The van der Waals surface area contributed by atoms with Gasteiger partial charge in [-0.1, -0.05) is 43.3 Å². The van der Waals surface area contributed by atoms with Crippen LogP contribution < -0.4 is 16.0 Å². The van der Waals surface area contributed by atoms with E-state index in [9.17, 15) is 14.4 Å². The number of carbonyl (C=O) groups excluding carboxylic acids is 3. The Morgan fingerprint density at radius 3 is 2.21 bits per heavy atom. The maximum Gasteiger partial charge on any atom is 0.322 e. The molecule has 0 radical (unpaired) electrons. The Labute approximate surface area is 169 Å². The molecule has 148 valence electrons. The first kappa shape index (κ1) is 20.1. The van der Waals surface area contributed by atoms with Crippen LogP contribution in [0.15, 0.2) is 48.5 Å². The van der Waals surface area contributed by atoms with Crippen molar-refractivity contribution < 1.29 is 14.4 Å². The highest BCUT2D eigenvalue weighted by Gasteiger charge is 2.43. The van der Waals surface area contributed by atoms with Crippen LogP contribution in [0.5, 0.6) is 0 Å². The van der Waals surface area contributed by atoms with Gasteiger partial charge in [-0.3, -0.25) is 14.9 Å². The zero-order chi connectivity index (χ0) is 21.0. The molecule has 0 saturated carbocycles. The lowest BCUT2D eigenvalue weighted by atomic mass is 9.96. The van der Waals surface area contributed by atoms with Gasteiger partial charge in [-0.15, -0.1) is 0 Å². The lowest BCUT2D eigenvalue weighted by Gasteiger charge is -2.20. The van der Waals surface area contributed by atoms with Gasteiger partial charge in [0.05, 0.1) is 18.1 Å². The topological polar surface area (TPSA) is 111 Å². The molecule has 2 aromatic rings. The van der Waals surface area contributed by atoms with Crippen LogP contribution >= 0.6 is 0 Å². The smallest absolute Gasteiger partial charge is 0.322 e. The zero-order valence-corrected chi connectivity index (χ0v) is 16.3. The van der Waals surface area contributed by atoms with Crippen LogP contribution in [-0.4, -0.2) is 29.9 Å². The van der Waals surface area contributed by atoms with Gasteiger partial charge < -0.3 is 10.6 Å². The monoisotopic (exact) mass is 390 g/mol. The number of hydrogen-bond acceptors (Lipinski definition) is 4. The lowest BCUT2D eigenvalue weighted by Crippen LogP contribution is -2.47. The highest BCUT2D eigenvalue weighted by Crippen LogP contribution is 2.23. The van der Waals surface area contributed by atoms with Gasteiger partial charge in [0.25, 0.3) is 5.91 Å². The fourth-order valence-corrected chi connectivity index (χ4v) is 3.21. The molecular formula is C22H22N4O3. The Balaban J connectivity index is 1.56. The predicted octanol–water partition coefficient (Wildman–Crippen LogP) is 2.43. The SMILES string of the molecule is CC(CNC(=O)CC1(C)NC(=O)NC1=O)c1ccc(-c2ccc(C#N)cc2)cc1. The molecule has 3 N–H and O–H groups in total. The molecule has 7 heteroatoms. The maximum atomic E-state index is 12.2. The van der Waals surface area contributed by atoms with Gasteiger partial charge >= 0.3 is 6.03 Å². The van der Waals surface area contributed by atoms with Gasteiger partial charge in [0, 0.05) is 6.54 Å². The largest absolute Gasteiger partial charge is 0.355 e. The molecule has 2 atom stereocenters. The zero-order valence-electron chi connectivity index (χ0n) is 16.3. The lowest BCUT2D eigenvalue weighted by molar-refractivity contribution is -0.129. The van der Waals surface area contributed by atoms with E-state index in [1.807, 2.05) is 43.3 Å². The summed E-state index contributed by atoms with van der Waals surface area (Å²) in [6, 6.07) is 17.0. The number of imide groups is 1. The molecule has 0 bridgehead atoms. The molecule has 1 aliphatic rings. The van der Waals surface area contributed by atoms with Crippen molar-refractivity contribution in [1.82, 2.24) is 16.0 Å². The Morgan fingerprint density at radius 1 is 1.10 bits per heavy atom. The minimum Gasteiger partial charge on any atom is -0.355 e. The Hall–Kier alpha value is -3.66. The summed E-state index contributed by atoms with van der Waals surface area (Å²) >= 11 is 0. The molecule has 1 aliphatic heterocycles. The highest BCUT2D eigenvalue weighted by molar-refractivity contribution is 6.08. The minimum absolute atomic E-state index is 0.0776. The standard InChI is InChI=1S/C22H22N4O3/c1-14(13-24-19(27)11-22(2)20(28)25-21(29)26-22)16-7-9-18(10-8-16)17-5-3-15(12-23)4-6-17/h3-10,14H,11,13H2,1-2H3,(H,24,27)(H2,25,26,28,29). The molecule has 4 amide bonds. The Morgan fingerprint density at radius 2 is 1.69 bits per heavy atom. The van der Waals surface area contributed by atoms with Crippen LogP contribution in [0.2, 0.25) is 0 Å². The van der Waals surface area contributed by atoms with Gasteiger partial charge in [0.1, 0.15) is 5.54 Å². The van der Waals surface area contributed by atoms with Crippen molar-refractivity contribution in [2.24, 2.45) is 0 Å². The summed E-state index contributed by atoms with van der Waals surface area (Å²) in [7, 11) is 0. The van der Waals surface area contributed by atoms with Gasteiger partial charge in [-0.25, -0.2) is 4.79 Å². The first-order valence-corrected chi connectivity index (χ1v) is 9.31. The summed E-state index contributed by atoms with van der Waals surface area (Å²) in [5.41, 5.74) is 2.55. The number of hydrogen-bond donors (Lipinski definition) is 3. The average molecular weight is 390 g/mol. The normalized spacial score (nSPS) is 19.1. The van der Waals surface area contributed by atoms with Crippen LogP contribution in [0.25, 0.3) is 11.1 Å².